The van der Waals surface area contributed by atoms with Crippen molar-refractivity contribution in [3.05, 3.63) is 70.8 Å². The molecule has 1 aliphatic heterocycles. The Balaban J connectivity index is 1.95. The van der Waals surface area contributed by atoms with Crippen molar-refractivity contribution in [1.29, 1.82) is 0 Å². The van der Waals surface area contributed by atoms with Crippen LogP contribution in [-0.2, 0) is 17.6 Å². The van der Waals surface area contributed by atoms with Crippen LogP contribution in [0, 0.1) is 0 Å². The lowest BCUT2D eigenvalue weighted by Gasteiger charge is -2.34. The number of carbonyl (C=O) groups excluding carboxylic acids is 1. The molecule has 0 saturated heterocycles. The summed E-state index contributed by atoms with van der Waals surface area (Å²) in [5.74, 6) is -1.22. The molecule has 23 heavy (non-hydrogen) atoms. The van der Waals surface area contributed by atoms with E-state index in [4.69, 9.17) is 0 Å². The second kappa shape index (κ2) is 6.24. The third kappa shape index (κ3) is 2.84. The molecule has 2 aromatic rings. The van der Waals surface area contributed by atoms with E-state index in [-0.39, 0.29) is 5.91 Å². The van der Waals surface area contributed by atoms with Gasteiger partial charge >= 0.3 is 5.97 Å². The average molecular weight is 309 g/mol. The Morgan fingerprint density at radius 2 is 1.83 bits per heavy atom. The molecule has 0 fully saturated rings. The number of benzene rings is 2. The molecule has 0 radical (unpaired) electrons. The highest BCUT2D eigenvalue weighted by Crippen LogP contribution is 2.31. The van der Waals surface area contributed by atoms with E-state index in [0.717, 1.165) is 17.5 Å². The van der Waals surface area contributed by atoms with Gasteiger partial charge in [0.05, 0.1) is 0 Å². The van der Waals surface area contributed by atoms with Crippen molar-refractivity contribution in [2.45, 2.75) is 25.8 Å². The quantitative estimate of drug-likeness (QED) is 0.948. The SMILES string of the molecule is CCc1ccc(C(=O)N2CCc3ccccc3[C@H]2C(=O)O)cc1. The number of hydrogen-bond donors (Lipinski definition) is 1. The molecule has 4 heteroatoms. The van der Waals surface area contributed by atoms with Crippen LogP contribution in [0.3, 0.4) is 0 Å². The fraction of sp³-hybridized carbons (Fsp3) is 0.263. The van der Waals surface area contributed by atoms with Crippen LogP contribution < -0.4 is 0 Å². The number of aryl methyl sites for hydroxylation is 1. The van der Waals surface area contributed by atoms with Crippen LogP contribution in [0.25, 0.3) is 0 Å². The minimum absolute atomic E-state index is 0.227. The lowest BCUT2D eigenvalue weighted by molar-refractivity contribution is -0.143. The topological polar surface area (TPSA) is 57.6 Å². The molecular weight excluding hydrogens is 290 g/mol. The number of carboxylic acids is 1. The Labute approximate surface area is 135 Å². The third-order valence-electron chi connectivity index (χ3n) is 4.39. The Hall–Kier alpha value is -2.62. The van der Waals surface area contributed by atoms with E-state index in [1.54, 1.807) is 18.2 Å². The molecule has 3 rings (SSSR count). The number of nitrogens with zero attached hydrogens (tertiary/aromatic N) is 1. The van der Waals surface area contributed by atoms with Crippen molar-refractivity contribution < 1.29 is 14.7 Å². The maximum Gasteiger partial charge on any atom is 0.331 e. The minimum atomic E-state index is -0.990. The van der Waals surface area contributed by atoms with Crippen LogP contribution in [0.4, 0.5) is 0 Å². The number of aliphatic carboxylic acids is 1. The smallest absolute Gasteiger partial charge is 0.331 e. The van der Waals surface area contributed by atoms with E-state index in [1.165, 1.54) is 4.90 Å². The van der Waals surface area contributed by atoms with Gasteiger partial charge < -0.3 is 10.0 Å². The molecule has 1 aliphatic rings. The zero-order valence-electron chi connectivity index (χ0n) is 13.0. The van der Waals surface area contributed by atoms with Gasteiger partial charge in [0.1, 0.15) is 0 Å². The number of carboxylic acid groups (broad SMARTS) is 1. The van der Waals surface area contributed by atoms with Gasteiger partial charge in [0.15, 0.2) is 6.04 Å². The maximum atomic E-state index is 12.8. The number of fused-ring (bicyclic) bond motifs is 1. The van der Waals surface area contributed by atoms with Gasteiger partial charge in [-0.3, -0.25) is 4.79 Å². The fourth-order valence-corrected chi connectivity index (χ4v) is 3.10. The molecule has 0 unspecified atom stereocenters. The zero-order chi connectivity index (χ0) is 16.4. The van der Waals surface area contributed by atoms with Gasteiger partial charge in [0.2, 0.25) is 0 Å². The monoisotopic (exact) mass is 309 g/mol. The van der Waals surface area contributed by atoms with Gasteiger partial charge in [0.25, 0.3) is 5.91 Å². The summed E-state index contributed by atoms with van der Waals surface area (Å²) in [4.78, 5) is 26.0. The first-order chi connectivity index (χ1) is 11.1. The maximum absolute atomic E-state index is 12.8. The van der Waals surface area contributed by atoms with Gasteiger partial charge in [0, 0.05) is 12.1 Å². The van der Waals surface area contributed by atoms with E-state index in [0.29, 0.717) is 24.1 Å². The number of carbonyl (C=O) groups is 2. The molecule has 2 aromatic carbocycles. The molecule has 0 aliphatic carbocycles. The highest BCUT2D eigenvalue weighted by atomic mass is 16.4. The highest BCUT2D eigenvalue weighted by Gasteiger charge is 2.36. The lowest BCUT2D eigenvalue weighted by atomic mass is 9.92. The van der Waals surface area contributed by atoms with Gasteiger partial charge in [-0.05, 0) is 41.7 Å². The van der Waals surface area contributed by atoms with E-state index in [1.807, 2.05) is 30.3 Å². The summed E-state index contributed by atoms with van der Waals surface area (Å²) in [5, 5.41) is 9.64. The van der Waals surface area contributed by atoms with Crippen LogP contribution >= 0.6 is 0 Å². The van der Waals surface area contributed by atoms with Crippen LogP contribution in [-0.4, -0.2) is 28.4 Å². The summed E-state index contributed by atoms with van der Waals surface area (Å²) in [6.07, 6.45) is 1.59. The Morgan fingerprint density at radius 1 is 1.13 bits per heavy atom. The van der Waals surface area contributed by atoms with Crippen molar-refractivity contribution >= 4 is 11.9 Å². The van der Waals surface area contributed by atoms with E-state index in [2.05, 4.69) is 6.92 Å². The molecule has 1 N–H and O–H groups in total. The van der Waals surface area contributed by atoms with Crippen LogP contribution in [0.1, 0.15) is 40.0 Å². The van der Waals surface area contributed by atoms with Gasteiger partial charge in [-0.2, -0.15) is 0 Å². The van der Waals surface area contributed by atoms with Crippen molar-refractivity contribution in [3.8, 4) is 0 Å². The first-order valence-corrected chi connectivity index (χ1v) is 7.82. The lowest BCUT2D eigenvalue weighted by Crippen LogP contribution is -2.43. The normalized spacial score (nSPS) is 16.7. The number of amides is 1. The molecule has 0 saturated carbocycles. The summed E-state index contributed by atoms with van der Waals surface area (Å²) in [6, 6.07) is 13.9. The Morgan fingerprint density at radius 3 is 2.48 bits per heavy atom. The predicted octanol–water partition coefficient (Wildman–Crippen LogP) is 3.07. The number of hydrogen-bond acceptors (Lipinski definition) is 2. The van der Waals surface area contributed by atoms with E-state index >= 15 is 0 Å². The Kier molecular flexibility index (Phi) is 4.15. The number of rotatable bonds is 3. The largest absolute Gasteiger partial charge is 0.479 e. The summed E-state index contributed by atoms with van der Waals surface area (Å²) in [5.41, 5.74) is 3.41. The second-order valence-electron chi connectivity index (χ2n) is 5.74. The van der Waals surface area contributed by atoms with Gasteiger partial charge in [-0.1, -0.05) is 43.3 Å². The van der Waals surface area contributed by atoms with Crippen LogP contribution in [0.15, 0.2) is 48.5 Å². The third-order valence-corrected chi connectivity index (χ3v) is 4.39. The van der Waals surface area contributed by atoms with Crippen LogP contribution in [0.5, 0.6) is 0 Å². The first kappa shape index (κ1) is 15.3. The van der Waals surface area contributed by atoms with E-state index < -0.39 is 12.0 Å². The predicted molar refractivity (Wildman–Crippen MR) is 87.4 cm³/mol. The molecule has 1 heterocycles. The highest BCUT2D eigenvalue weighted by molar-refractivity contribution is 5.97. The zero-order valence-corrected chi connectivity index (χ0v) is 13.0. The van der Waals surface area contributed by atoms with Gasteiger partial charge in [-0.15, -0.1) is 0 Å². The summed E-state index contributed by atoms with van der Waals surface area (Å²) >= 11 is 0. The average Bonchev–Trinajstić information content (AvgIpc) is 2.60. The summed E-state index contributed by atoms with van der Waals surface area (Å²) in [7, 11) is 0. The molecule has 0 spiro atoms. The van der Waals surface area contributed by atoms with Crippen molar-refractivity contribution in [3.63, 3.8) is 0 Å². The van der Waals surface area contributed by atoms with Crippen molar-refractivity contribution in [2.75, 3.05) is 6.54 Å². The molecule has 0 aromatic heterocycles. The van der Waals surface area contributed by atoms with Crippen molar-refractivity contribution in [1.82, 2.24) is 4.90 Å². The molecule has 0 bridgehead atoms. The molecule has 1 amide bonds. The second-order valence-corrected chi connectivity index (χ2v) is 5.74. The van der Waals surface area contributed by atoms with Crippen LogP contribution in [0.2, 0.25) is 0 Å². The van der Waals surface area contributed by atoms with E-state index in [9.17, 15) is 14.7 Å². The molecule has 118 valence electrons. The first-order valence-electron chi connectivity index (χ1n) is 7.82. The fourth-order valence-electron chi connectivity index (χ4n) is 3.10. The minimum Gasteiger partial charge on any atom is -0.479 e. The van der Waals surface area contributed by atoms with Gasteiger partial charge in [-0.25, -0.2) is 4.79 Å². The summed E-state index contributed by atoms with van der Waals surface area (Å²) in [6.45, 7) is 2.47. The molecular formula is C19H19NO3. The molecule has 4 nitrogen and oxygen atoms in total. The standard InChI is InChI=1S/C19H19NO3/c1-2-13-7-9-15(10-8-13)18(21)20-12-11-14-5-3-4-6-16(14)17(20)19(22)23/h3-10,17H,2,11-12H2,1H3,(H,22,23)/t17-/m0/s1. The molecule has 1 atom stereocenters. The Bertz CT molecular complexity index is 737. The summed E-state index contributed by atoms with van der Waals surface area (Å²) < 4.78 is 0. The van der Waals surface area contributed by atoms with Crippen molar-refractivity contribution in [2.24, 2.45) is 0 Å².